The van der Waals surface area contributed by atoms with Crippen LogP contribution in [0.1, 0.15) is 24.6 Å². The van der Waals surface area contributed by atoms with Gasteiger partial charge in [0.05, 0.1) is 6.54 Å². The molecule has 0 bridgehead atoms. The number of hydrogen-bond donors (Lipinski definition) is 2. The van der Waals surface area contributed by atoms with E-state index in [1.165, 1.54) is 12.4 Å². The minimum atomic E-state index is -0.916. The maximum atomic E-state index is 13.1. The molecule has 2 N–H and O–H groups in total. The van der Waals surface area contributed by atoms with Crippen molar-refractivity contribution in [1.29, 1.82) is 0 Å². The molecule has 2 aromatic rings. The Hall–Kier alpha value is -1.98. The van der Waals surface area contributed by atoms with Crippen LogP contribution in [0.3, 0.4) is 0 Å². The Balaban J connectivity index is 0.00000261. The third-order valence-electron chi connectivity index (χ3n) is 4.37. The maximum absolute atomic E-state index is 13.1. The molecule has 0 spiro atoms. The van der Waals surface area contributed by atoms with Crippen LogP contribution < -0.4 is 10.1 Å². The summed E-state index contributed by atoms with van der Waals surface area (Å²) in [4.78, 5) is 10.7. The quantitative estimate of drug-likeness (QED) is 0.291. The first kappa shape index (κ1) is 21.3. The van der Waals surface area contributed by atoms with E-state index in [1.54, 1.807) is 7.05 Å². The lowest BCUT2D eigenvalue weighted by molar-refractivity contribution is 0.289. The van der Waals surface area contributed by atoms with Crippen molar-refractivity contribution in [2.45, 2.75) is 18.8 Å². The number of halogens is 3. The zero-order chi connectivity index (χ0) is 18.4. The van der Waals surface area contributed by atoms with Crippen LogP contribution in [0.4, 0.5) is 8.78 Å². The average molecular weight is 492 g/mol. The molecule has 1 aliphatic rings. The van der Waals surface area contributed by atoms with E-state index in [0.717, 1.165) is 49.8 Å². The smallest absolute Gasteiger partial charge is 0.193 e. The van der Waals surface area contributed by atoms with Crippen LogP contribution in [-0.2, 0) is 0 Å². The van der Waals surface area contributed by atoms with Crippen molar-refractivity contribution in [1.82, 2.24) is 25.4 Å². The highest BCUT2D eigenvalue weighted by Crippen LogP contribution is 2.24. The summed E-state index contributed by atoms with van der Waals surface area (Å²) in [6.07, 6.45) is 3.48. The lowest BCUT2D eigenvalue weighted by Gasteiger charge is -2.33. The number of H-pyrrole nitrogens is 1. The molecule has 0 amide bonds. The Morgan fingerprint density at radius 2 is 2.11 bits per heavy atom. The highest BCUT2D eigenvalue weighted by atomic mass is 127. The topological polar surface area (TPSA) is 78.4 Å². The van der Waals surface area contributed by atoms with Crippen molar-refractivity contribution >= 4 is 29.9 Å². The molecular formula is C17H23F2IN6O. The summed E-state index contributed by atoms with van der Waals surface area (Å²) < 4.78 is 31.5. The van der Waals surface area contributed by atoms with E-state index in [-0.39, 0.29) is 24.0 Å². The number of nitrogens with zero attached hydrogens (tertiary/aromatic N) is 4. The normalized spacial score (nSPS) is 15.4. The Morgan fingerprint density at radius 1 is 1.33 bits per heavy atom. The number of nitrogens with one attached hydrogen (secondary N) is 2. The van der Waals surface area contributed by atoms with Crippen LogP contribution >= 0.6 is 24.0 Å². The molecule has 27 heavy (non-hydrogen) atoms. The van der Waals surface area contributed by atoms with Gasteiger partial charge in [-0.25, -0.2) is 13.8 Å². The number of aliphatic imine (C=N–C) groups is 1. The second kappa shape index (κ2) is 10.4. The monoisotopic (exact) mass is 492 g/mol. The predicted molar refractivity (Wildman–Crippen MR) is 109 cm³/mol. The Labute approximate surface area is 173 Å². The number of guanidine groups is 1. The molecule has 1 aromatic heterocycles. The van der Waals surface area contributed by atoms with E-state index < -0.39 is 11.6 Å². The lowest BCUT2D eigenvalue weighted by atomic mass is 9.96. The van der Waals surface area contributed by atoms with Crippen molar-refractivity contribution in [2.75, 3.05) is 33.3 Å². The first-order valence-corrected chi connectivity index (χ1v) is 8.56. The van der Waals surface area contributed by atoms with E-state index in [0.29, 0.717) is 24.8 Å². The fourth-order valence-corrected chi connectivity index (χ4v) is 3.01. The van der Waals surface area contributed by atoms with Crippen molar-refractivity contribution in [2.24, 2.45) is 4.99 Å². The number of piperidine rings is 1. The molecule has 0 saturated carbocycles. The van der Waals surface area contributed by atoms with Crippen LogP contribution in [0.5, 0.6) is 5.75 Å². The summed E-state index contributed by atoms with van der Waals surface area (Å²) in [7, 11) is 1.74. The van der Waals surface area contributed by atoms with Gasteiger partial charge in [0.2, 0.25) is 0 Å². The van der Waals surface area contributed by atoms with Crippen molar-refractivity contribution in [3.05, 3.63) is 42.0 Å². The largest absolute Gasteiger partial charge is 0.492 e. The van der Waals surface area contributed by atoms with Crippen molar-refractivity contribution < 1.29 is 13.5 Å². The number of rotatable bonds is 5. The van der Waals surface area contributed by atoms with Gasteiger partial charge in [0.15, 0.2) is 17.6 Å². The minimum Gasteiger partial charge on any atom is -0.492 e. The Bertz CT molecular complexity index is 735. The summed E-state index contributed by atoms with van der Waals surface area (Å²) >= 11 is 0. The van der Waals surface area contributed by atoms with Crippen LogP contribution in [0, 0.1) is 11.6 Å². The van der Waals surface area contributed by atoms with Crippen molar-refractivity contribution in [3.63, 3.8) is 0 Å². The Kier molecular flexibility index (Phi) is 8.20. The van der Waals surface area contributed by atoms with Crippen LogP contribution in [0.2, 0.25) is 0 Å². The standard InChI is InChI=1S/C17H22F2N6O.HI/c1-20-17(21-6-9-26-13-2-3-14(18)15(19)10-13)25-7-4-12(5-8-25)16-22-11-23-24-16;/h2-3,10-12H,4-9H2,1H3,(H,20,21)(H,22,23,24);1H. The van der Waals surface area contributed by atoms with Gasteiger partial charge < -0.3 is 15.0 Å². The molecule has 0 atom stereocenters. The molecule has 1 aliphatic heterocycles. The van der Waals surface area contributed by atoms with Gasteiger partial charge in [-0.1, -0.05) is 0 Å². The predicted octanol–water partition coefficient (Wildman–Crippen LogP) is 2.53. The van der Waals surface area contributed by atoms with Gasteiger partial charge in [-0.05, 0) is 25.0 Å². The molecule has 7 nitrogen and oxygen atoms in total. The van der Waals surface area contributed by atoms with E-state index in [4.69, 9.17) is 4.74 Å². The second-order valence-corrected chi connectivity index (χ2v) is 6.03. The molecular weight excluding hydrogens is 469 g/mol. The fraction of sp³-hybridized carbons (Fsp3) is 0.471. The molecule has 0 radical (unpaired) electrons. The summed E-state index contributed by atoms with van der Waals surface area (Å²) in [5.41, 5.74) is 0. The molecule has 148 valence electrons. The summed E-state index contributed by atoms with van der Waals surface area (Å²) in [6.45, 7) is 2.57. The number of benzene rings is 1. The molecule has 0 unspecified atom stereocenters. The zero-order valence-corrected chi connectivity index (χ0v) is 17.3. The minimum absolute atomic E-state index is 0. The highest BCUT2D eigenvalue weighted by molar-refractivity contribution is 14.0. The number of hydrogen-bond acceptors (Lipinski definition) is 4. The number of aromatic amines is 1. The third kappa shape index (κ3) is 5.75. The van der Waals surface area contributed by atoms with E-state index in [1.807, 2.05) is 0 Å². The van der Waals surface area contributed by atoms with Gasteiger partial charge in [0.25, 0.3) is 0 Å². The Morgan fingerprint density at radius 3 is 2.74 bits per heavy atom. The fourth-order valence-electron chi connectivity index (χ4n) is 3.01. The third-order valence-corrected chi connectivity index (χ3v) is 4.37. The number of likely N-dealkylation sites (tertiary alicyclic amines) is 1. The van der Waals surface area contributed by atoms with Gasteiger partial charge in [0.1, 0.15) is 24.5 Å². The average Bonchev–Trinajstić information content (AvgIpc) is 3.20. The lowest BCUT2D eigenvalue weighted by Crippen LogP contribution is -2.46. The highest BCUT2D eigenvalue weighted by Gasteiger charge is 2.24. The first-order valence-electron chi connectivity index (χ1n) is 8.56. The van der Waals surface area contributed by atoms with E-state index >= 15 is 0 Å². The van der Waals surface area contributed by atoms with Gasteiger partial charge in [-0.3, -0.25) is 10.1 Å². The van der Waals surface area contributed by atoms with Gasteiger partial charge in [-0.2, -0.15) is 5.10 Å². The summed E-state index contributed by atoms with van der Waals surface area (Å²) in [5, 5.41) is 10.1. The van der Waals surface area contributed by atoms with Crippen LogP contribution in [-0.4, -0.2) is 59.3 Å². The molecule has 1 saturated heterocycles. The van der Waals surface area contributed by atoms with E-state index in [9.17, 15) is 8.78 Å². The van der Waals surface area contributed by atoms with Gasteiger partial charge in [-0.15, -0.1) is 24.0 Å². The molecule has 0 aliphatic carbocycles. The maximum Gasteiger partial charge on any atom is 0.193 e. The zero-order valence-electron chi connectivity index (χ0n) is 15.0. The molecule has 10 heteroatoms. The summed E-state index contributed by atoms with van der Waals surface area (Å²) in [6, 6.07) is 3.50. The number of aromatic nitrogens is 3. The molecule has 1 aromatic carbocycles. The first-order chi connectivity index (χ1) is 12.7. The van der Waals surface area contributed by atoms with Gasteiger partial charge >= 0.3 is 0 Å². The molecule has 1 fully saturated rings. The number of ether oxygens (including phenoxy) is 1. The van der Waals surface area contributed by atoms with Crippen LogP contribution in [0.25, 0.3) is 0 Å². The van der Waals surface area contributed by atoms with E-state index in [2.05, 4.69) is 30.4 Å². The summed E-state index contributed by atoms with van der Waals surface area (Å²) in [5.74, 6) is 0.630. The van der Waals surface area contributed by atoms with Crippen molar-refractivity contribution in [3.8, 4) is 5.75 Å². The van der Waals surface area contributed by atoms with Gasteiger partial charge in [0, 0.05) is 32.1 Å². The molecule has 3 rings (SSSR count). The van der Waals surface area contributed by atoms with Crippen LogP contribution in [0.15, 0.2) is 29.5 Å². The molecule has 2 heterocycles. The second-order valence-electron chi connectivity index (χ2n) is 6.03. The SMILES string of the molecule is CN=C(NCCOc1ccc(F)c(F)c1)N1CCC(c2ncn[nH]2)CC1.I.